The molecule has 28 valence electrons. The van der Waals surface area contributed by atoms with Gasteiger partial charge in [-0.1, -0.05) is 0 Å². The van der Waals surface area contributed by atoms with Gasteiger partial charge in [-0.15, -0.1) is 0 Å². The molecule has 1 aliphatic rings. The Balaban J connectivity index is 2.32. The van der Waals surface area contributed by atoms with Crippen molar-refractivity contribution in [3.8, 4) is 0 Å². The summed E-state index contributed by atoms with van der Waals surface area (Å²) >= 11 is 0.338. The Morgan fingerprint density at radius 2 is 2.60 bits per heavy atom. The second kappa shape index (κ2) is 2.22. The molecule has 0 N–H and O–H groups in total. The van der Waals surface area contributed by atoms with Gasteiger partial charge in [0.25, 0.3) is 0 Å². The second-order valence-corrected chi connectivity index (χ2v) is 7.87. The predicted molar refractivity (Wildman–Crippen MR) is 31.5 cm³/mol. The van der Waals surface area contributed by atoms with E-state index in [9.17, 15) is 0 Å². The summed E-state index contributed by atoms with van der Waals surface area (Å²) < 4.78 is 0. The van der Waals surface area contributed by atoms with Crippen molar-refractivity contribution >= 4 is 34.4 Å². The van der Waals surface area contributed by atoms with Crippen molar-refractivity contribution in [1.29, 1.82) is 0 Å². The fourth-order valence-electron chi connectivity index (χ4n) is 0.139. The Morgan fingerprint density at radius 3 is 2.80 bits per heavy atom. The molecule has 0 fully saturated rings. The van der Waals surface area contributed by atoms with E-state index in [1.807, 2.05) is 19.9 Å². The summed E-state index contributed by atoms with van der Waals surface area (Å²) in [5.41, 5.74) is 0. The van der Waals surface area contributed by atoms with E-state index < -0.39 is 0 Å². The summed E-state index contributed by atoms with van der Waals surface area (Å²) in [7, 11) is 3.87. The monoisotopic (exact) mass is 166 g/mol. The van der Waals surface area contributed by atoms with E-state index in [1.54, 1.807) is 0 Å². The summed E-state index contributed by atoms with van der Waals surface area (Å²) in [6.45, 7) is 0. The molecule has 1 rings (SSSR count). The van der Waals surface area contributed by atoms with Crippen LogP contribution < -0.4 is 0 Å². The van der Waals surface area contributed by atoms with Crippen molar-refractivity contribution in [2.24, 2.45) is 0 Å². The van der Waals surface area contributed by atoms with Gasteiger partial charge in [0.1, 0.15) is 0 Å². The fourth-order valence-corrected chi connectivity index (χ4v) is 6.50. The average Bonchev–Trinajstić information content (AvgIpc) is 1.76. The van der Waals surface area contributed by atoms with Gasteiger partial charge in [0.05, 0.1) is 0 Å². The van der Waals surface area contributed by atoms with Gasteiger partial charge in [0, 0.05) is 0 Å². The topological polar surface area (TPSA) is 0 Å². The molecule has 0 amide bonds. The summed E-state index contributed by atoms with van der Waals surface area (Å²) in [5.74, 6) is 0. The molecule has 0 bridgehead atoms. The Labute approximate surface area is 44.9 Å². The van der Waals surface area contributed by atoms with Crippen LogP contribution >= 0.6 is 19.9 Å². The van der Waals surface area contributed by atoms with Crippen LogP contribution in [0.15, 0.2) is 10.3 Å². The van der Waals surface area contributed by atoms with Gasteiger partial charge in [0.2, 0.25) is 0 Å². The molecule has 0 radical (unpaired) electrons. The molecular formula is C2H3AsS2. The minimum absolute atomic E-state index is 0.338. The van der Waals surface area contributed by atoms with E-state index in [0.29, 0.717) is 14.6 Å². The third-order valence-electron chi connectivity index (χ3n) is 0.288. The van der Waals surface area contributed by atoms with Gasteiger partial charge in [-0.05, 0) is 0 Å². The summed E-state index contributed by atoms with van der Waals surface area (Å²) in [4.78, 5) is 2.29. The average molecular weight is 166 g/mol. The molecule has 0 aromatic carbocycles. The molecule has 1 aliphatic heterocycles. The third-order valence-corrected chi connectivity index (χ3v) is 7.12. The first kappa shape index (κ1) is 4.17. The first-order valence-corrected chi connectivity index (χ1v) is 7.22. The molecule has 0 aromatic heterocycles. The van der Waals surface area contributed by atoms with Gasteiger partial charge in [-0.25, -0.2) is 0 Å². The quantitative estimate of drug-likeness (QED) is 0.391. The first-order chi connectivity index (χ1) is 2.50. The van der Waals surface area contributed by atoms with Crippen molar-refractivity contribution in [2.45, 2.75) is 0 Å². The third kappa shape index (κ3) is 1.25. The van der Waals surface area contributed by atoms with Crippen molar-refractivity contribution in [1.82, 2.24) is 0 Å². The molecule has 0 nitrogen and oxygen atoms in total. The van der Waals surface area contributed by atoms with Crippen LogP contribution in [0.2, 0.25) is 0 Å². The van der Waals surface area contributed by atoms with Crippen molar-refractivity contribution in [3.63, 3.8) is 0 Å². The van der Waals surface area contributed by atoms with E-state index in [2.05, 4.69) is 10.3 Å². The summed E-state index contributed by atoms with van der Waals surface area (Å²) in [5, 5.41) is 2.17. The normalized spacial score (nSPS) is 25.6. The maximum atomic E-state index is 2.29. The van der Waals surface area contributed by atoms with E-state index >= 15 is 0 Å². The standard InChI is InChI=1S/C2H3AsS2/c1-2-4-5-3-1/h1-3H. The van der Waals surface area contributed by atoms with Crippen molar-refractivity contribution in [2.75, 3.05) is 0 Å². The zero-order chi connectivity index (χ0) is 3.54. The fraction of sp³-hybridized carbons (Fsp3) is 0. The Hall–Kier alpha value is 0.998. The van der Waals surface area contributed by atoms with Crippen LogP contribution in [-0.4, -0.2) is 14.6 Å². The van der Waals surface area contributed by atoms with Gasteiger partial charge in [-0.2, -0.15) is 0 Å². The number of rotatable bonds is 0. The van der Waals surface area contributed by atoms with Crippen LogP contribution in [0.1, 0.15) is 0 Å². The van der Waals surface area contributed by atoms with Crippen LogP contribution in [0.25, 0.3) is 0 Å². The zero-order valence-electron chi connectivity index (χ0n) is 2.47. The molecule has 0 saturated carbocycles. The zero-order valence-corrected chi connectivity index (χ0v) is 6.20. The molecular weight excluding hydrogens is 163 g/mol. The van der Waals surface area contributed by atoms with E-state index in [1.165, 1.54) is 0 Å². The molecule has 3 heteroatoms. The maximum absolute atomic E-state index is 2.29. The van der Waals surface area contributed by atoms with E-state index in [0.717, 1.165) is 0 Å². The van der Waals surface area contributed by atoms with Crippen LogP contribution in [0.5, 0.6) is 0 Å². The van der Waals surface area contributed by atoms with E-state index in [4.69, 9.17) is 0 Å². The molecule has 0 saturated heterocycles. The molecule has 5 heavy (non-hydrogen) atoms. The summed E-state index contributed by atoms with van der Waals surface area (Å²) in [6.07, 6.45) is 0. The van der Waals surface area contributed by atoms with E-state index in [-0.39, 0.29) is 0 Å². The second-order valence-electron chi connectivity index (χ2n) is 0.600. The minimum atomic E-state index is 0.338. The SMILES string of the molecule is C1=C[AsH]SS1. The molecule has 0 spiro atoms. The van der Waals surface area contributed by atoms with Crippen molar-refractivity contribution < 1.29 is 0 Å². The van der Waals surface area contributed by atoms with Gasteiger partial charge in [-0.3, -0.25) is 0 Å². The number of hydrogen-bond donors (Lipinski definition) is 0. The van der Waals surface area contributed by atoms with Crippen molar-refractivity contribution in [3.05, 3.63) is 10.3 Å². The Bertz CT molecular complexity index is 45.6. The molecule has 1 heterocycles. The predicted octanol–water partition coefficient (Wildman–Crippen LogP) is 1.20. The Morgan fingerprint density at radius 1 is 1.60 bits per heavy atom. The van der Waals surface area contributed by atoms with Gasteiger partial charge >= 0.3 is 44.7 Å². The molecule has 1 unspecified atom stereocenters. The summed E-state index contributed by atoms with van der Waals surface area (Å²) in [6, 6.07) is 0. The van der Waals surface area contributed by atoms with Crippen LogP contribution in [0.4, 0.5) is 0 Å². The van der Waals surface area contributed by atoms with Gasteiger partial charge in [0.15, 0.2) is 0 Å². The number of hydrogen-bond acceptors (Lipinski definition) is 2. The first-order valence-electron chi connectivity index (χ1n) is 1.23. The van der Waals surface area contributed by atoms with Gasteiger partial charge < -0.3 is 0 Å². The van der Waals surface area contributed by atoms with Crippen LogP contribution in [0.3, 0.4) is 0 Å². The molecule has 0 aliphatic carbocycles. The molecule has 0 aromatic rings. The Kier molecular flexibility index (Phi) is 1.85. The molecule has 1 atom stereocenters. The van der Waals surface area contributed by atoms with Crippen LogP contribution in [-0.2, 0) is 0 Å². The van der Waals surface area contributed by atoms with Crippen LogP contribution in [0, 0.1) is 0 Å².